The molecule has 1 aliphatic carbocycles. The summed E-state index contributed by atoms with van der Waals surface area (Å²) in [7, 11) is 0. The number of benzene rings is 2. The number of nitrogens with two attached hydrogens (primary N) is 1. The van der Waals surface area contributed by atoms with E-state index in [9.17, 15) is 4.79 Å². The van der Waals surface area contributed by atoms with Gasteiger partial charge in [0, 0.05) is 10.7 Å². The van der Waals surface area contributed by atoms with Gasteiger partial charge in [0.1, 0.15) is 5.54 Å². The lowest BCUT2D eigenvalue weighted by atomic mass is 9.75. The minimum Gasteiger partial charge on any atom is -0.368 e. The van der Waals surface area contributed by atoms with Gasteiger partial charge < -0.3 is 11.1 Å². The van der Waals surface area contributed by atoms with E-state index in [0.29, 0.717) is 11.4 Å². The zero-order chi connectivity index (χ0) is 14.9. The fourth-order valence-electron chi connectivity index (χ4n) is 3.06. The third-order valence-electron chi connectivity index (χ3n) is 4.10. The maximum Gasteiger partial charge on any atom is 0.247 e. The van der Waals surface area contributed by atoms with E-state index in [2.05, 4.69) is 11.4 Å². The number of fused-ring (bicyclic) bond motifs is 1. The Kier molecular flexibility index (Phi) is 3.60. The number of rotatable bonds is 3. The fraction of sp³-hybridized carbons (Fsp3) is 0.235. The Balaban J connectivity index is 2.05. The highest BCUT2D eigenvalue weighted by atomic mass is 35.5. The molecule has 0 radical (unpaired) electrons. The van der Waals surface area contributed by atoms with Crippen LogP contribution in [0.3, 0.4) is 0 Å². The van der Waals surface area contributed by atoms with Crippen molar-refractivity contribution in [1.82, 2.24) is 0 Å². The molecular formula is C17H17ClN2O. The maximum absolute atomic E-state index is 12.2. The molecule has 1 atom stereocenters. The quantitative estimate of drug-likeness (QED) is 0.912. The summed E-state index contributed by atoms with van der Waals surface area (Å²) in [5.74, 6) is -0.343. The number of nitrogens with one attached hydrogen (secondary N) is 1. The van der Waals surface area contributed by atoms with E-state index in [1.54, 1.807) is 12.1 Å². The Morgan fingerprint density at radius 3 is 2.57 bits per heavy atom. The minimum absolute atomic E-state index is 0.343. The summed E-state index contributed by atoms with van der Waals surface area (Å²) in [6.07, 6.45) is 2.61. The van der Waals surface area contributed by atoms with Gasteiger partial charge in [-0.15, -0.1) is 0 Å². The van der Waals surface area contributed by atoms with E-state index in [-0.39, 0.29) is 5.91 Å². The zero-order valence-corrected chi connectivity index (χ0v) is 12.4. The minimum atomic E-state index is -0.845. The van der Waals surface area contributed by atoms with Crippen molar-refractivity contribution in [2.24, 2.45) is 5.73 Å². The lowest BCUT2D eigenvalue weighted by Crippen LogP contribution is -2.49. The van der Waals surface area contributed by atoms with Gasteiger partial charge in [0.05, 0.1) is 0 Å². The predicted octanol–water partition coefficient (Wildman–Crippen LogP) is 3.47. The van der Waals surface area contributed by atoms with Crippen LogP contribution < -0.4 is 11.1 Å². The molecule has 3 rings (SSSR count). The monoisotopic (exact) mass is 300 g/mol. The second-order valence-electron chi connectivity index (χ2n) is 5.41. The lowest BCUT2D eigenvalue weighted by molar-refractivity contribution is -0.123. The molecule has 1 amide bonds. The van der Waals surface area contributed by atoms with Crippen LogP contribution >= 0.6 is 11.6 Å². The summed E-state index contributed by atoms with van der Waals surface area (Å²) in [5, 5.41) is 4.01. The molecule has 2 aromatic carbocycles. The van der Waals surface area contributed by atoms with Gasteiger partial charge in [-0.2, -0.15) is 0 Å². The summed E-state index contributed by atoms with van der Waals surface area (Å²) in [5.41, 5.74) is 7.93. The number of aryl methyl sites for hydroxylation is 1. The summed E-state index contributed by atoms with van der Waals surface area (Å²) in [6.45, 7) is 0. The Morgan fingerprint density at radius 1 is 1.14 bits per heavy atom. The molecule has 3 N–H and O–H groups in total. The number of carbonyl (C=O) groups is 1. The molecule has 2 aromatic rings. The standard InChI is InChI=1S/C17H17ClN2O/c18-13-7-9-14(10-8-13)20-17(16(19)21)11-3-5-12-4-1-2-6-15(12)17/h1-2,4,6-10,20H,3,5,11H2,(H2,19,21). The predicted molar refractivity (Wildman–Crippen MR) is 85.3 cm³/mol. The second kappa shape index (κ2) is 5.41. The van der Waals surface area contributed by atoms with Crippen molar-refractivity contribution < 1.29 is 4.79 Å². The number of amides is 1. The molecule has 108 valence electrons. The highest BCUT2D eigenvalue weighted by molar-refractivity contribution is 6.30. The molecule has 0 spiro atoms. The van der Waals surface area contributed by atoms with E-state index in [1.165, 1.54) is 5.56 Å². The Morgan fingerprint density at radius 2 is 1.86 bits per heavy atom. The van der Waals surface area contributed by atoms with Crippen LogP contribution in [0.1, 0.15) is 24.0 Å². The number of hydrogen-bond acceptors (Lipinski definition) is 2. The van der Waals surface area contributed by atoms with Crippen LogP contribution in [-0.2, 0) is 16.8 Å². The maximum atomic E-state index is 12.2. The smallest absolute Gasteiger partial charge is 0.247 e. The summed E-state index contributed by atoms with van der Waals surface area (Å²) in [4.78, 5) is 12.2. The first-order valence-corrected chi connectivity index (χ1v) is 7.42. The lowest BCUT2D eigenvalue weighted by Gasteiger charge is -2.38. The second-order valence-corrected chi connectivity index (χ2v) is 5.85. The van der Waals surface area contributed by atoms with Crippen molar-refractivity contribution in [1.29, 1.82) is 0 Å². The van der Waals surface area contributed by atoms with Gasteiger partial charge in [0.25, 0.3) is 0 Å². The van der Waals surface area contributed by atoms with Gasteiger partial charge in [-0.3, -0.25) is 4.79 Å². The van der Waals surface area contributed by atoms with Crippen LogP contribution in [0, 0.1) is 0 Å². The molecular weight excluding hydrogens is 284 g/mol. The SMILES string of the molecule is NC(=O)C1(Nc2ccc(Cl)cc2)CCCc2ccccc21. The zero-order valence-electron chi connectivity index (χ0n) is 11.6. The van der Waals surface area contributed by atoms with Gasteiger partial charge in [0.2, 0.25) is 5.91 Å². The number of hydrogen-bond donors (Lipinski definition) is 2. The summed E-state index contributed by atoms with van der Waals surface area (Å²) >= 11 is 5.91. The molecule has 0 heterocycles. The van der Waals surface area contributed by atoms with Crippen molar-refractivity contribution in [3.8, 4) is 0 Å². The van der Waals surface area contributed by atoms with E-state index in [1.807, 2.05) is 30.3 Å². The fourth-order valence-corrected chi connectivity index (χ4v) is 3.19. The molecule has 0 aromatic heterocycles. The number of carbonyl (C=O) groups excluding carboxylic acids is 1. The van der Waals surface area contributed by atoms with Crippen LogP contribution in [0.15, 0.2) is 48.5 Å². The third-order valence-corrected chi connectivity index (χ3v) is 4.35. The number of primary amides is 1. The first-order chi connectivity index (χ1) is 10.1. The van der Waals surface area contributed by atoms with Gasteiger partial charge >= 0.3 is 0 Å². The Labute approximate surface area is 129 Å². The topological polar surface area (TPSA) is 55.1 Å². The largest absolute Gasteiger partial charge is 0.368 e. The van der Waals surface area contributed by atoms with Crippen LogP contribution in [0.25, 0.3) is 0 Å². The van der Waals surface area contributed by atoms with Crippen molar-refractivity contribution in [3.63, 3.8) is 0 Å². The Bertz CT molecular complexity index is 669. The average molecular weight is 301 g/mol. The van der Waals surface area contributed by atoms with Crippen LogP contribution in [0.5, 0.6) is 0 Å². The van der Waals surface area contributed by atoms with E-state index in [0.717, 1.165) is 24.1 Å². The summed E-state index contributed by atoms with van der Waals surface area (Å²) < 4.78 is 0. The van der Waals surface area contributed by atoms with Crippen LogP contribution in [0.4, 0.5) is 5.69 Å². The Hall–Kier alpha value is -2.00. The molecule has 1 aliphatic rings. The normalized spacial score (nSPS) is 20.6. The van der Waals surface area contributed by atoms with Crippen molar-refractivity contribution in [3.05, 3.63) is 64.7 Å². The van der Waals surface area contributed by atoms with Gasteiger partial charge in [-0.05, 0) is 54.7 Å². The molecule has 3 nitrogen and oxygen atoms in total. The van der Waals surface area contributed by atoms with Crippen molar-refractivity contribution >= 4 is 23.2 Å². The van der Waals surface area contributed by atoms with Crippen LogP contribution in [0.2, 0.25) is 5.02 Å². The van der Waals surface area contributed by atoms with E-state index in [4.69, 9.17) is 17.3 Å². The van der Waals surface area contributed by atoms with Gasteiger partial charge in [0.15, 0.2) is 0 Å². The molecule has 4 heteroatoms. The van der Waals surface area contributed by atoms with Crippen LogP contribution in [-0.4, -0.2) is 5.91 Å². The highest BCUT2D eigenvalue weighted by Crippen LogP contribution is 2.38. The molecule has 0 fully saturated rings. The van der Waals surface area contributed by atoms with E-state index < -0.39 is 5.54 Å². The average Bonchev–Trinajstić information content (AvgIpc) is 2.50. The van der Waals surface area contributed by atoms with Gasteiger partial charge in [-0.25, -0.2) is 0 Å². The first kappa shape index (κ1) is 14.0. The summed E-state index contributed by atoms with van der Waals surface area (Å²) in [6, 6.07) is 15.3. The molecule has 1 unspecified atom stereocenters. The van der Waals surface area contributed by atoms with E-state index >= 15 is 0 Å². The van der Waals surface area contributed by atoms with Gasteiger partial charge in [-0.1, -0.05) is 35.9 Å². The molecule has 0 saturated carbocycles. The number of anilines is 1. The number of halogens is 1. The molecule has 21 heavy (non-hydrogen) atoms. The third kappa shape index (κ3) is 2.49. The first-order valence-electron chi connectivity index (χ1n) is 7.04. The molecule has 0 bridgehead atoms. The van der Waals surface area contributed by atoms with Crippen molar-refractivity contribution in [2.75, 3.05) is 5.32 Å². The molecule has 0 aliphatic heterocycles. The van der Waals surface area contributed by atoms with Crippen molar-refractivity contribution in [2.45, 2.75) is 24.8 Å². The molecule has 0 saturated heterocycles. The highest BCUT2D eigenvalue weighted by Gasteiger charge is 2.41.